The van der Waals surface area contributed by atoms with Crippen LogP contribution >= 0.6 is 0 Å². The Morgan fingerprint density at radius 2 is 1.95 bits per heavy atom. The van der Waals surface area contributed by atoms with Gasteiger partial charge in [-0.05, 0) is 18.2 Å². The molecule has 0 aliphatic heterocycles. The maximum atomic E-state index is 12.8. The summed E-state index contributed by atoms with van der Waals surface area (Å²) in [7, 11) is -2.17. The van der Waals surface area contributed by atoms with Crippen LogP contribution in [-0.4, -0.2) is 23.7 Å². The van der Waals surface area contributed by atoms with Gasteiger partial charge in [0.2, 0.25) is 0 Å². The fourth-order valence-electron chi connectivity index (χ4n) is 1.92. The van der Waals surface area contributed by atoms with E-state index in [1.165, 1.54) is 13.1 Å². The fraction of sp³-hybridized carbons (Fsp3) is 0.308. The average molecular weight is 318 g/mol. The van der Waals surface area contributed by atoms with Crippen molar-refractivity contribution in [2.24, 2.45) is 7.05 Å². The lowest BCUT2D eigenvalue weighted by atomic mass is 10.1. The average Bonchev–Trinajstić information content (AvgIpc) is 2.83. The lowest BCUT2D eigenvalue weighted by Gasteiger charge is -2.13. The van der Waals surface area contributed by atoms with Crippen LogP contribution in [0.4, 0.5) is 13.2 Å². The molecule has 0 amide bonds. The summed E-state index contributed by atoms with van der Waals surface area (Å²) < 4.78 is 64.2. The van der Waals surface area contributed by atoms with Gasteiger partial charge < -0.3 is 4.57 Å². The number of imidazole rings is 1. The summed E-state index contributed by atoms with van der Waals surface area (Å²) in [6.07, 6.45) is -1.55. The lowest BCUT2D eigenvalue weighted by Crippen LogP contribution is -2.11. The van der Waals surface area contributed by atoms with Gasteiger partial charge in [-0.3, -0.25) is 0 Å². The van der Waals surface area contributed by atoms with E-state index < -0.39 is 21.6 Å². The van der Waals surface area contributed by atoms with Crippen LogP contribution in [0.1, 0.15) is 12.5 Å². The van der Waals surface area contributed by atoms with Crippen molar-refractivity contribution in [1.82, 2.24) is 9.55 Å². The normalized spacial score (nSPS) is 12.6. The zero-order valence-electron chi connectivity index (χ0n) is 11.3. The van der Waals surface area contributed by atoms with Crippen LogP contribution in [0.25, 0.3) is 11.4 Å². The Morgan fingerprint density at radius 1 is 1.29 bits per heavy atom. The van der Waals surface area contributed by atoms with Crippen molar-refractivity contribution >= 4 is 9.84 Å². The number of hydrogen-bond acceptors (Lipinski definition) is 3. The van der Waals surface area contributed by atoms with Gasteiger partial charge in [-0.15, -0.1) is 0 Å². The minimum Gasteiger partial charge on any atom is -0.334 e. The van der Waals surface area contributed by atoms with Gasteiger partial charge in [0.15, 0.2) is 9.84 Å². The molecule has 0 unspecified atom stereocenters. The SMILES string of the molecule is CCS(=O)(=O)c1cc(C(F)(F)F)ccc1-c1nccn1C. The fourth-order valence-corrected chi connectivity index (χ4v) is 3.03. The van der Waals surface area contributed by atoms with Gasteiger partial charge in [0.1, 0.15) is 5.82 Å². The molecule has 2 aromatic rings. The zero-order valence-corrected chi connectivity index (χ0v) is 12.2. The van der Waals surface area contributed by atoms with Gasteiger partial charge in [-0.25, -0.2) is 13.4 Å². The van der Waals surface area contributed by atoms with Gasteiger partial charge in [0.05, 0.1) is 16.2 Å². The molecule has 0 atom stereocenters. The summed E-state index contributed by atoms with van der Waals surface area (Å²) in [6, 6.07) is 2.68. The number of benzene rings is 1. The molecule has 0 fully saturated rings. The molecule has 1 aromatic carbocycles. The molecule has 21 heavy (non-hydrogen) atoms. The summed E-state index contributed by atoms with van der Waals surface area (Å²) in [5, 5.41) is 0. The number of alkyl halides is 3. The highest BCUT2D eigenvalue weighted by Crippen LogP contribution is 2.35. The number of hydrogen-bond donors (Lipinski definition) is 0. The third-order valence-electron chi connectivity index (χ3n) is 3.09. The predicted octanol–water partition coefficient (Wildman–Crippen LogP) is 2.90. The van der Waals surface area contributed by atoms with E-state index in [-0.39, 0.29) is 16.2 Å². The molecule has 4 nitrogen and oxygen atoms in total. The van der Waals surface area contributed by atoms with Crippen LogP contribution < -0.4 is 0 Å². The first-order chi connectivity index (χ1) is 9.66. The van der Waals surface area contributed by atoms with E-state index in [9.17, 15) is 21.6 Å². The topological polar surface area (TPSA) is 52.0 Å². The highest BCUT2D eigenvalue weighted by Gasteiger charge is 2.33. The molecule has 0 spiro atoms. The standard InChI is InChI=1S/C13H13F3N2O2S/c1-3-21(19,20)11-8-9(13(14,15)16)4-5-10(11)12-17-6-7-18(12)2/h4-8H,3H2,1-2H3. The molecule has 1 heterocycles. The monoisotopic (exact) mass is 318 g/mol. The maximum Gasteiger partial charge on any atom is 0.416 e. The van der Waals surface area contributed by atoms with Crippen LogP contribution in [0.15, 0.2) is 35.5 Å². The molecule has 8 heteroatoms. The Labute approximate surface area is 120 Å². The number of halogens is 3. The summed E-state index contributed by atoms with van der Waals surface area (Å²) >= 11 is 0. The molecule has 0 aliphatic rings. The van der Waals surface area contributed by atoms with E-state index in [2.05, 4.69) is 4.98 Å². The molecular formula is C13H13F3N2O2S. The molecule has 114 valence electrons. The van der Waals surface area contributed by atoms with Gasteiger partial charge in [-0.2, -0.15) is 13.2 Å². The molecule has 1 aromatic heterocycles. The van der Waals surface area contributed by atoms with Crippen molar-refractivity contribution in [1.29, 1.82) is 0 Å². The quantitative estimate of drug-likeness (QED) is 0.874. The summed E-state index contributed by atoms with van der Waals surface area (Å²) in [6.45, 7) is 1.39. The largest absolute Gasteiger partial charge is 0.416 e. The van der Waals surface area contributed by atoms with Crippen LogP contribution in [0.2, 0.25) is 0 Å². The third kappa shape index (κ3) is 2.94. The van der Waals surface area contributed by atoms with Crippen LogP contribution in [0, 0.1) is 0 Å². The van der Waals surface area contributed by atoms with Gasteiger partial charge >= 0.3 is 6.18 Å². The van der Waals surface area contributed by atoms with E-state index in [1.807, 2.05) is 0 Å². The van der Waals surface area contributed by atoms with Crippen LogP contribution in [0.5, 0.6) is 0 Å². The maximum absolute atomic E-state index is 12.8. The molecular weight excluding hydrogens is 305 g/mol. The summed E-state index contributed by atoms with van der Waals surface area (Å²) in [4.78, 5) is 3.65. The Kier molecular flexibility index (Phi) is 3.83. The van der Waals surface area contributed by atoms with E-state index in [4.69, 9.17) is 0 Å². The first kappa shape index (κ1) is 15.6. The highest BCUT2D eigenvalue weighted by molar-refractivity contribution is 7.91. The second-order valence-electron chi connectivity index (χ2n) is 4.47. The van der Waals surface area contributed by atoms with E-state index >= 15 is 0 Å². The molecule has 0 saturated carbocycles. The van der Waals surface area contributed by atoms with Crippen LogP contribution in [-0.2, 0) is 23.1 Å². The number of sulfone groups is 1. The van der Waals surface area contributed by atoms with E-state index in [1.54, 1.807) is 17.8 Å². The van der Waals surface area contributed by atoms with E-state index in [0.29, 0.717) is 11.9 Å². The minimum absolute atomic E-state index is 0.164. The van der Waals surface area contributed by atoms with Crippen molar-refractivity contribution in [2.75, 3.05) is 5.75 Å². The van der Waals surface area contributed by atoms with Crippen molar-refractivity contribution in [2.45, 2.75) is 18.0 Å². The Bertz CT molecular complexity index is 764. The third-order valence-corrected chi connectivity index (χ3v) is 4.85. The van der Waals surface area contributed by atoms with Gasteiger partial charge in [-0.1, -0.05) is 6.92 Å². The molecule has 2 rings (SSSR count). The van der Waals surface area contributed by atoms with E-state index in [0.717, 1.165) is 12.1 Å². The predicted molar refractivity (Wildman–Crippen MR) is 71.4 cm³/mol. The van der Waals surface area contributed by atoms with Crippen molar-refractivity contribution in [3.63, 3.8) is 0 Å². The molecule has 0 bridgehead atoms. The van der Waals surface area contributed by atoms with Crippen LogP contribution in [0.3, 0.4) is 0 Å². The number of nitrogens with zero attached hydrogens (tertiary/aromatic N) is 2. The number of aromatic nitrogens is 2. The highest BCUT2D eigenvalue weighted by atomic mass is 32.2. The first-order valence-corrected chi connectivity index (χ1v) is 7.73. The second-order valence-corrected chi connectivity index (χ2v) is 6.72. The number of rotatable bonds is 3. The lowest BCUT2D eigenvalue weighted by molar-refractivity contribution is -0.137. The Balaban J connectivity index is 2.76. The van der Waals surface area contributed by atoms with Gasteiger partial charge in [0.25, 0.3) is 0 Å². The Hall–Kier alpha value is -1.83. The smallest absolute Gasteiger partial charge is 0.334 e. The van der Waals surface area contributed by atoms with Crippen molar-refractivity contribution in [3.05, 3.63) is 36.2 Å². The minimum atomic E-state index is -4.60. The van der Waals surface area contributed by atoms with Crippen molar-refractivity contribution in [3.8, 4) is 11.4 Å². The second kappa shape index (κ2) is 5.18. The summed E-state index contributed by atoms with van der Waals surface area (Å²) in [5.74, 6) is 0.0156. The zero-order chi connectivity index (χ0) is 15.8. The first-order valence-electron chi connectivity index (χ1n) is 6.08. The summed E-state index contributed by atoms with van der Waals surface area (Å²) in [5.41, 5.74) is -0.829. The van der Waals surface area contributed by atoms with Crippen molar-refractivity contribution < 1.29 is 21.6 Å². The van der Waals surface area contributed by atoms with Gasteiger partial charge in [0, 0.05) is 25.0 Å². The molecule has 0 radical (unpaired) electrons. The number of aryl methyl sites for hydroxylation is 1. The Morgan fingerprint density at radius 3 is 2.43 bits per heavy atom. The molecule has 0 aliphatic carbocycles. The molecule has 0 saturated heterocycles. The molecule has 0 N–H and O–H groups in total.